The zero-order chi connectivity index (χ0) is 20.3. The average Bonchev–Trinajstić information content (AvgIpc) is 3.00. The highest BCUT2D eigenvalue weighted by molar-refractivity contribution is 5.83. The molecule has 156 valence electrons. The predicted octanol–water partition coefficient (Wildman–Crippen LogP) is 3.10. The topological polar surface area (TPSA) is 91.3 Å². The van der Waals surface area contributed by atoms with E-state index in [1.807, 2.05) is 11.5 Å². The van der Waals surface area contributed by atoms with E-state index >= 15 is 0 Å². The molecule has 1 fully saturated rings. The largest absolute Gasteiger partial charge is 0.468 e. The van der Waals surface area contributed by atoms with Crippen molar-refractivity contribution in [3.63, 3.8) is 0 Å². The van der Waals surface area contributed by atoms with Gasteiger partial charge in [-0.15, -0.1) is 0 Å². The van der Waals surface area contributed by atoms with Gasteiger partial charge in [-0.05, 0) is 59.0 Å². The monoisotopic (exact) mass is 390 g/mol. The lowest BCUT2D eigenvalue weighted by Crippen LogP contribution is -2.39. The Morgan fingerprint density at radius 1 is 1.14 bits per heavy atom. The van der Waals surface area contributed by atoms with Gasteiger partial charge in [0.1, 0.15) is 0 Å². The molecule has 0 amide bonds. The van der Waals surface area contributed by atoms with Gasteiger partial charge in [0, 0.05) is 12.6 Å². The molecular formula is C20H34N6O2. The third-order valence-corrected chi connectivity index (χ3v) is 5.57. The summed E-state index contributed by atoms with van der Waals surface area (Å²) in [5.74, 6) is 0.885. The molecule has 2 aromatic rings. The number of ether oxygens (including phenoxy) is 2. The third-order valence-electron chi connectivity index (χ3n) is 5.57. The van der Waals surface area contributed by atoms with Crippen molar-refractivity contribution in [3.8, 4) is 12.0 Å². The summed E-state index contributed by atoms with van der Waals surface area (Å²) in [5, 5.41) is 0. The summed E-state index contributed by atoms with van der Waals surface area (Å²) in [5.41, 5.74) is 7.42. The lowest BCUT2D eigenvalue weighted by Gasteiger charge is -2.34. The SMILES string of the molecule is CCCC(C)Oc1nc(N)c2nc(OC)n(CC3CCN(C(C)C)CC3)c2n1. The van der Waals surface area contributed by atoms with E-state index in [1.165, 1.54) is 0 Å². The third kappa shape index (κ3) is 4.48. The summed E-state index contributed by atoms with van der Waals surface area (Å²) in [6, 6.07) is 1.44. The highest BCUT2D eigenvalue weighted by Gasteiger charge is 2.25. The minimum atomic E-state index is 0.0421. The van der Waals surface area contributed by atoms with E-state index in [9.17, 15) is 0 Å². The summed E-state index contributed by atoms with van der Waals surface area (Å²) < 4.78 is 13.4. The summed E-state index contributed by atoms with van der Waals surface area (Å²) in [6.45, 7) is 11.7. The first-order valence-corrected chi connectivity index (χ1v) is 10.4. The van der Waals surface area contributed by atoms with Crippen LogP contribution in [0.3, 0.4) is 0 Å². The maximum Gasteiger partial charge on any atom is 0.320 e. The highest BCUT2D eigenvalue weighted by atomic mass is 16.5. The molecule has 2 aromatic heterocycles. The summed E-state index contributed by atoms with van der Waals surface area (Å²) in [7, 11) is 1.63. The number of imidazole rings is 1. The Kier molecular flexibility index (Phi) is 6.59. The van der Waals surface area contributed by atoms with Gasteiger partial charge < -0.3 is 20.1 Å². The number of rotatable bonds is 8. The van der Waals surface area contributed by atoms with Crippen LogP contribution < -0.4 is 15.2 Å². The molecule has 0 aliphatic carbocycles. The fourth-order valence-corrected chi connectivity index (χ4v) is 3.91. The summed E-state index contributed by atoms with van der Waals surface area (Å²) in [6.07, 6.45) is 4.33. The molecule has 3 rings (SSSR count). The molecule has 3 heterocycles. The average molecular weight is 391 g/mol. The van der Waals surface area contributed by atoms with Crippen LogP contribution in [0, 0.1) is 5.92 Å². The van der Waals surface area contributed by atoms with Gasteiger partial charge in [-0.3, -0.25) is 4.57 Å². The van der Waals surface area contributed by atoms with Crippen molar-refractivity contribution in [2.24, 2.45) is 5.92 Å². The van der Waals surface area contributed by atoms with Crippen molar-refractivity contribution in [3.05, 3.63) is 0 Å². The molecule has 0 bridgehead atoms. The van der Waals surface area contributed by atoms with E-state index < -0.39 is 0 Å². The number of piperidine rings is 1. The fraction of sp³-hybridized carbons (Fsp3) is 0.750. The van der Waals surface area contributed by atoms with E-state index in [4.69, 9.17) is 15.2 Å². The Balaban J connectivity index is 1.85. The molecule has 1 unspecified atom stereocenters. The zero-order valence-corrected chi connectivity index (χ0v) is 17.8. The fourth-order valence-electron chi connectivity index (χ4n) is 3.91. The molecule has 8 nitrogen and oxygen atoms in total. The van der Waals surface area contributed by atoms with Crippen molar-refractivity contribution >= 4 is 17.0 Å². The van der Waals surface area contributed by atoms with E-state index in [0.29, 0.717) is 41.0 Å². The molecule has 1 saturated heterocycles. The Hall–Kier alpha value is -2.09. The molecule has 1 atom stereocenters. The Bertz CT molecular complexity index is 783. The molecule has 8 heteroatoms. The lowest BCUT2D eigenvalue weighted by atomic mass is 9.96. The molecule has 0 aromatic carbocycles. The first kappa shape index (κ1) is 20.6. The Morgan fingerprint density at radius 2 is 1.86 bits per heavy atom. The molecule has 0 spiro atoms. The van der Waals surface area contributed by atoms with Gasteiger partial charge in [0.15, 0.2) is 17.0 Å². The van der Waals surface area contributed by atoms with Gasteiger partial charge in [0.05, 0.1) is 13.2 Å². The smallest absolute Gasteiger partial charge is 0.320 e. The van der Waals surface area contributed by atoms with Crippen molar-refractivity contribution in [2.75, 3.05) is 25.9 Å². The van der Waals surface area contributed by atoms with Crippen LogP contribution >= 0.6 is 0 Å². The van der Waals surface area contributed by atoms with Crippen LogP contribution in [0.15, 0.2) is 0 Å². The number of nitrogens with zero attached hydrogens (tertiary/aromatic N) is 5. The van der Waals surface area contributed by atoms with Crippen molar-refractivity contribution in [2.45, 2.75) is 72.1 Å². The number of methoxy groups -OCH3 is 1. The van der Waals surface area contributed by atoms with Crippen LogP contribution in [-0.2, 0) is 6.54 Å². The Labute approximate surface area is 167 Å². The minimum absolute atomic E-state index is 0.0421. The van der Waals surface area contributed by atoms with E-state index in [-0.39, 0.29) is 6.10 Å². The number of hydrogen-bond acceptors (Lipinski definition) is 7. The van der Waals surface area contributed by atoms with Crippen LogP contribution in [0.25, 0.3) is 11.2 Å². The number of likely N-dealkylation sites (tertiary alicyclic amines) is 1. The number of nitrogen functional groups attached to an aromatic ring is 1. The van der Waals surface area contributed by atoms with Crippen molar-refractivity contribution < 1.29 is 9.47 Å². The number of hydrogen-bond donors (Lipinski definition) is 1. The van der Waals surface area contributed by atoms with Gasteiger partial charge in [-0.2, -0.15) is 15.0 Å². The van der Waals surface area contributed by atoms with Gasteiger partial charge in [-0.25, -0.2) is 0 Å². The maximum atomic E-state index is 6.16. The number of aromatic nitrogens is 4. The van der Waals surface area contributed by atoms with Crippen LogP contribution in [0.4, 0.5) is 5.82 Å². The van der Waals surface area contributed by atoms with Crippen molar-refractivity contribution in [1.29, 1.82) is 0 Å². The standard InChI is InChI=1S/C20H34N6O2/c1-6-7-14(4)28-19-23-17(21)16-18(24-19)26(20(22-16)27-5)12-15-8-10-25(11-9-15)13(2)3/h13-15H,6-12H2,1-5H3,(H2,21,23,24). The summed E-state index contributed by atoms with van der Waals surface area (Å²) in [4.78, 5) is 16.0. The first-order valence-electron chi connectivity index (χ1n) is 10.4. The molecule has 0 radical (unpaired) electrons. The number of nitrogens with two attached hydrogens (primary N) is 1. The van der Waals surface area contributed by atoms with Crippen molar-refractivity contribution in [1.82, 2.24) is 24.4 Å². The highest BCUT2D eigenvalue weighted by Crippen LogP contribution is 2.29. The maximum absolute atomic E-state index is 6.16. The zero-order valence-electron chi connectivity index (χ0n) is 17.8. The van der Waals surface area contributed by atoms with E-state index in [1.54, 1.807) is 7.11 Å². The van der Waals surface area contributed by atoms with E-state index in [2.05, 4.69) is 40.6 Å². The van der Waals surface area contributed by atoms with Gasteiger partial charge >= 0.3 is 6.01 Å². The Morgan fingerprint density at radius 3 is 2.46 bits per heavy atom. The quantitative estimate of drug-likeness (QED) is 0.740. The summed E-state index contributed by atoms with van der Waals surface area (Å²) >= 11 is 0. The molecule has 1 aliphatic heterocycles. The molecule has 1 aliphatic rings. The van der Waals surface area contributed by atoms with Gasteiger partial charge in [0.25, 0.3) is 6.01 Å². The van der Waals surface area contributed by atoms with Crippen LogP contribution in [-0.4, -0.2) is 56.8 Å². The molecule has 28 heavy (non-hydrogen) atoms. The number of fused-ring (bicyclic) bond motifs is 1. The predicted molar refractivity (Wildman–Crippen MR) is 111 cm³/mol. The lowest BCUT2D eigenvalue weighted by molar-refractivity contribution is 0.140. The van der Waals surface area contributed by atoms with Crippen LogP contribution in [0.5, 0.6) is 12.0 Å². The molecule has 0 saturated carbocycles. The first-order chi connectivity index (χ1) is 13.4. The second kappa shape index (κ2) is 8.94. The minimum Gasteiger partial charge on any atom is -0.468 e. The van der Waals surface area contributed by atoms with Crippen LogP contribution in [0.1, 0.15) is 53.4 Å². The normalized spacial score (nSPS) is 17.4. The molecular weight excluding hydrogens is 356 g/mol. The molecule has 2 N–H and O–H groups in total. The van der Waals surface area contributed by atoms with Crippen LogP contribution in [0.2, 0.25) is 0 Å². The van der Waals surface area contributed by atoms with Gasteiger partial charge in [0.2, 0.25) is 0 Å². The second-order valence-electron chi connectivity index (χ2n) is 8.06. The van der Waals surface area contributed by atoms with Gasteiger partial charge in [-0.1, -0.05) is 13.3 Å². The number of anilines is 1. The second-order valence-corrected chi connectivity index (χ2v) is 8.06. The van der Waals surface area contributed by atoms with E-state index in [0.717, 1.165) is 45.3 Å².